The maximum Gasteiger partial charge on any atom is 0.231 e. The lowest BCUT2D eigenvalue weighted by atomic mass is 10.2. The number of rotatable bonds is 4. The standard InChI is InChI=1S/C15H13N3O3S/c19-8-12-13(7-11-2-1-5-22-11)18(17-16-12)10-3-4-14-15(6-10)21-9-20-14/h1-6,19H,7-9H2. The first-order valence-corrected chi connectivity index (χ1v) is 7.70. The van der Waals surface area contributed by atoms with Crippen molar-refractivity contribution in [2.45, 2.75) is 13.0 Å². The smallest absolute Gasteiger partial charge is 0.231 e. The molecule has 2 aromatic heterocycles. The first kappa shape index (κ1) is 13.3. The number of hydrogen-bond donors (Lipinski definition) is 1. The van der Waals surface area contributed by atoms with Crippen LogP contribution in [0, 0.1) is 0 Å². The van der Waals surface area contributed by atoms with Gasteiger partial charge in [0.2, 0.25) is 6.79 Å². The second-order valence-corrected chi connectivity index (χ2v) is 5.88. The largest absolute Gasteiger partial charge is 0.454 e. The van der Waals surface area contributed by atoms with E-state index in [1.54, 1.807) is 16.0 Å². The van der Waals surface area contributed by atoms with Crippen LogP contribution in [0.3, 0.4) is 0 Å². The lowest BCUT2D eigenvalue weighted by Gasteiger charge is -2.07. The number of hydrogen-bond acceptors (Lipinski definition) is 6. The summed E-state index contributed by atoms with van der Waals surface area (Å²) < 4.78 is 12.5. The lowest BCUT2D eigenvalue weighted by Crippen LogP contribution is -2.04. The molecule has 22 heavy (non-hydrogen) atoms. The minimum absolute atomic E-state index is 0.134. The van der Waals surface area contributed by atoms with Gasteiger partial charge < -0.3 is 14.6 Å². The van der Waals surface area contributed by atoms with Crippen LogP contribution in [0.15, 0.2) is 35.7 Å². The Morgan fingerprint density at radius 1 is 1.23 bits per heavy atom. The third kappa shape index (κ3) is 2.24. The van der Waals surface area contributed by atoms with Crippen molar-refractivity contribution in [3.63, 3.8) is 0 Å². The Hall–Kier alpha value is -2.38. The fourth-order valence-electron chi connectivity index (χ4n) is 2.44. The number of aliphatic hydroxyl groups excluding tert-OH is 1. The van der Waals surface area contributed by atoms with Gasteiger partial charge in [0, 0.05) is 17.4 Å². The Morgan fingerprint density at radius 3 is 2.95 bits per heavy atom. The maximum absolute atomic E-state index is 9.51. The molecule has 0 atom stereocenters. The molecule has 1 N–H and O–H groups in total. The normalized spacial score (nSPS) is 12.8. The van der Waals surface area contributed by atoms with Crippen molar-refractivity contribution in [2.24, 2.45) is 0 Å². The average molecular weight is 315 g/mol. The molecular formula is C15H13N3O3S. The summed E-state index contributed by atoms with van der Waals surface area (Å²) in [6.07, 6.45) is 0.676. The first-order valence-electron chi connectivity index (χ1n) is 6.82. The summed E-state index contributed by atoms with van der Waals surface area (Å²) in [6.45, 7) is 0.103. The van der Waals surface area contributed by atoms with E-state index >= 15 is 0 Å². The van der Waals surface area contributed by atoms with Crippen molar-refractivity contribution in [3.8, 4) is 17.2 Å². The van der Waals surface area contributed by atoms with Gasteiger partial charge in [-0.1, -0.05) is 11.3 Å². The highest BCUT2D eigenvalue weighted by atomic mass is 32.1. The van der Waals surface area contributed by atoms with E-state index in [0.717, 1.165) is 17.1 Å². The molecule has 0 amide bonds. The number of aliphatic hydroxyl groups is 1. The van der Waals surface area contributed by atoms with Gasteiger partial charge in [-0.3, -0.25) is 0 Å². The van der Waals surface area contributed by atoms with Crippen LogP contribution in [0.5, 0.6) is 11.5 Å². The van der Waals surface area contributed by atoms with Crippen molar-refractivity contribution in [3.05, 3.63) is 52.0 Å². The first-order chi connectivity index (χ1) is 10.8. The highest BCUT2D eigenvalue weighted by Crippen LogP contribution is 2.34. The second-order valence-electron chi connectivity index (χ2n) is 4.85. The predicted octanol–water partition coefficient (Wildman–Crippen LogP) is 2.14. The van der Waals surface area contributed by atoms with E-state index < -0.39 is 0 Å². The van der Waals surface area contributed by atoms with Gasteiger partial charge in [-0.15, -0.1) is 16.4 Å². The van der Waals surface area contributed by atoms with Crippen molar-refractivity contribution >= 4 is 11.3 Å². The summed E-state index contributed by atoms with van der Waals surface area (Å²) in [4.78, 5) is 1.19. The van der Waals surface area contributed by atoms with E-state index in [-0.39, 0.29) is 13.4 Å². The van der Waals surface area contributed by atoms with E-state index in [9.17, 15) is 5.11 Å². The number of nitrogens with zero attached hydrogens (tertiary/aromatic N) is 3. The van der Waals surface area contributed by atoms with Crippen LogP contribution in [-0.2, 0) is 13.0 Å². The fourth-order valence-corrected chi connectivity index (χ4v) is 3.14. The van der Waals surface area contributed by atoms with Gasteiger partial charge in [-0.25, -0.2) is 4.68 Å². The topological polar surface area (TPSA) is 69.4 Å². The Balaban J connectivity index is 1.76. The number of ether oxygens (including phenoxy) is 2. The zero-order valence-electron chi connectivity index (χ0n) is 11.6. The Morgan fingerprint density at radius 2 is 2.14 bits per heavy atom. The molecule has 1 aliphatic rings. The van der Waals surface area contributed by atoms with Gasteiger partial charge in [-0.2, -0.15) is 0 Å². The molecule has 0 aliphatic carbocycles. The zero-order valence-corrected chi connectivity index (χ0v) is 12.4. The van der Waals surface area contributed by atoms with E-state index in [2.05, 4.69) is 16.4 Å². The van der Waals surface area contributed by atoms with Crippen molar-refractivity contribution in [1.29, 1.82) is 0 Å². The third-order valence-electron chi connectivity index (χ3n) is 3.52. The minimum atomic E-state index is -0.134. The minimum Gasteiger partial charge on any atom is -0.454 e. The van der Waals surface area contributed by atoms with Crippen molar-refractivity contribution < 1.29 is 14.6 Å². The van der Waals surface area contributed by atoms with Crippen LogP contribution < -0.4 is 9.47 Å². The van der Waals surface area contributed by atoms with Gasteiger partial charge in [0.15, 0.2) is 11.5 Å². The van der Waals surface area contributed by atoms with Gasteiger partial charge >= 0.3 is 0 Å². The third-order valence-corrected chi connectivity index (χ3v) is 4.39. The average Bonchev–Trinajstić information content (AvgIpc) is 3.27. The number of benzene rings is 1. The molecule has 0 saturated carbocycles. The summed E-state index contributed by atoms with van der Waals surface area (Å²) in [5, 5.41) is 19.8. The van der Waals surface area contributed by atoms with E-state index in [0.29, 0.717) is 17.9 Å². The molecule has 112 valence electrons. The van der Waals surface area contributed by atoms with Gasteiger partial charge in [0.05, 0.1) is 18.0 Å². The SMILES string of the molecule is OCc1nnn(-c2ccc3c(c2)OCO3)c1Cc1cccs1. The molecule has 1 aromatic carbocycles. The molecule has 6 nitrogen and oxygen atoms in total. The maximum atomic E-state index is 9.51. The van der Waals surface area contributed by atoms with Crippen LogP contribution in [-0.4, -0.2) is 26.9 Å². The summed E-state index contributed by atoms with van der Waals surface area (Å²) in [5.41, 5.74) is 2.30. The fraction of sp³-hybridized carbons (Fsp3) is 0.200. The zero-order chi connectivity index (χ0) is 14.9. The molecule has 7 heteroatoms. The Kier molecular flexibility index (Phi) is 3.28. The van der Waals surface area contributed by atoms with Crippen molar-refractivity contribution in [1.82, 2.24) is 15.0 Å². The quantitative estimate of drug-likeness (QED) is 0.799. The van der Waals surface area contributed by atoms with Crippen LogP contribution in [0.1, 0.15) is 16.3 Å². The molecular weight excluding hydrogens is 302 g/mol. The summed E-state index contributed by atoms with van der Waals surface area (Å²) >= 11 is 1.67. The Bertz CT molecular complexity index is 798. The lowest BCUT2D eigenvalue weighted by molar-refractivity contribution is 0.174. The highest BCUT2D eigenvalue weighted by Gasteiger charge is 2.18. The number of aromatic nitrogens is 3. The molecule has 0 spiro atoms. The van der Waals surface area contributed by atoms with Gasteiger partial charge in [0.1, 0.15) is 5.69 Å². The molecule has 0 fully saturated rings. The molecule has 0 bridgehead atoms. The highest BCUT2D eigenvalue weighted by molar-refractivity contribution is 7.09. The monoisotopic (exact) mass is 315 g/mol. The second kappa shape index (κ2) is 5.43. The molecule has 1 aliphatic heterocycles. The van der Waals surface area contributed by atoms with Crippen LogP contribution in [0.25, 0.3) is 5.69 Å². The molecule has 0 radical (unpaired) electrons. The summed E-state index contributed by atoms with van der Waals surface area (Å²) in [5.74, 6) is 1.42. The number of fused-ring (bicyclic) bond motifs is 1. The van der Waals surface area contributed by atoms with Crippen LogP contribution in [0.2, 0.25) is 0 Å². The van der Waals surface area contributed by atoms with E-state index in [4.69, 9.17) is 9.47 Å². The summed E-state index contributed by atoms with van der Waals surface area (Å²) in [6, 6.07) is 9.69. The Labute approximate surface area is 130 Å². The number of thiophene rings is 1. The van der Waals surface area contributed by atoms with Crippen molar-refractivity contribution in [2.75, 3.05) is 6.79 Å². The molecule has 0 saturated heterocycles. The predicted molar refractivity (Wildman–Crippen MR) is 80.5 cm³/mol. The molecule has 3 heterocycles. The molecule has 4 rings (SSSR count). The van der Waals surface area contributed by atoms with Gasteiger partial charge in [0.25, 0.3) is 0 Å². The van der Waals surface area contributed by atoms with Crippen LogP contribution in [0.4, 0.5) is 0 Å². The summed E-state index contributed by atoms with van der Waals surface area (Å²) in [7, 11) is 0. The molecule has 0 unspecified atom stereocenters. The van der Waals surface area contributed by atoms with Gasteiger partial charge in [-0.05, 0) is 23.6 Å². The van der Waals surface area contributed by atoms with E-state index in [1.807, 2.05) is 29.6 Å². The van der Waals surface area contributed by atoms with E-state index in [1.165, 1.54) is 4.88 Å². The van der Waals surface area contributed by atoms with Crippen LogP contribution >= 0.6 is 11.3 Å². The molecule has 3 aromatic rings.